The molecule has 15 heteroatoms. The monoisotopic (exact) mass is 618 g/mol. The van der Waals surface area contributed by atoms with Crippen LogP contribution >= 0.6 is 0 Å². The number of amides is 2. The molecule has 2 atom stereocenters. The van der Waals surface area contributed by atoms with Crippen molar-refractivity contribution in [2.75, 3.05) is 46.7 Å². The number of piperidine rings is 1. The molecule has 2 amide bonds. The van der Waals surface area contributed by atoms with Crippen LogP contribution in [0, 0.1) is 5.82 Å². The van der Waals surface area contributed by atoms with Crippen LogP contribution in [0.5, 0.6) is 17.4 Å². The van der Waals surface area contributed by atoms with Gasteiger partial charge in [0, 0.05) is 39.5 Å². The maximum absolute atomic E-state index is 15.3. The fourth-order valence-corrected chi connectivity index (χ4v) is 5.19. The highest BCUT2D eigenvalue weighted by atomic mass is 19.4. The van der Waals surface area contributed by atoms with Crippen LogP contribution < -0.4 is 20.1 Å². The quantitative estimate of drug-likeness (QED) is 0.358. The molecule has 1 fully saturated rings. The molecule has 3 heterocycles. The second kappa shape index (κ2) is 12.2. The average Bonchev–Trinajstić information content (AvgIpc) is 3.27. The van der Waals surface area contributed by atoms with Gasteiger partial charge in [0.2, 0.25) is 11.8 Å². The van der Waals surface area contributed by atoms with Crippen molar-refractivity contribution in [2.24, 2.45) is 0 Å². The number of carbonyl (C=O) groups is 2. The smallest absolute Gasteiger partial charge is 0.423 e. The van der Waals surface area contributed by atoms with Crippen LogP contribution in [0.15, 0.2) is 36.5 Å². The van der Waals surface area contributed by atoms with Gasteiger partial charge in [0.05, 0.1) is 36.1 Å². The summed E-state index contributed by atoms with van der Waals surface area (Å²) in [6, 6.07) is 6.38. The molecule has 2 aliphatic heterocycles. The largest absolute Gasteiger partial charge is 0.495 e. The minimum Gasteiger partial charge on any atom is -0.495 e. The lowest BCUT2D eigenvalue weighted by Crippen LogP contribution is -2.53. The molecule has 0 spiro atoms. The Hall–Kier alpha value is -4.50. The molecule has 44 heavy (non-hydrogen) atoms. The fraction of sp³-hybridized carbons (Fsp3) is 0.379. The molecule has 3 aromatic rings. The molecular formula is C29H30F4N6O5. The van der Waals surface area contributed by atoms with E-state index in [0.29, 0.717) is 24.7 Å². The van der Waals surface area contributed by atoms with Gasteiger partial charge in [-0.15, -0.1) is 0 Å². The second-order valence-corrected chi connectivity index (χ2v) is 10.5. The van der Waals surface area contributed by atoms with Gasteiger partial charge in [-0.1, -0.05) is 12.1 Å². The summed E-state index contributed by atoms with van der Waals surface area (Å²) in [6.45, 7) is 1.59. The number of carbonyl (C=O) groups excluding carboxylic acids is 2. The number of rotatable bonds is 8. The Balaban J connectivity index is 1.42. The van der Waals surface area contributed by atoms with Gasteiger partial charge < -0.3 is 34.6 Å². The van der Waals surface area contributed by atoms with Crippen molar-refractivity contribution in [2.45, 2.75) is 31.3 Å². The lowest BCUT2D eigenvalue weighted by molar-refractivity contribution is -0.139. The maximum atomic E-state index is 15.3. The van der Waals surface area contributed by atoms with Gasteiger partial charge in [0.15, 0.2) is 0 Å². The molecule has 2 N–H and O–H groups in total. The van der Waals surface area contributed by atoms with E-state index in [9.17, 15) is 22.8 Å². The number of nitrogens with zero attached hydrogens (tertiary/aromatic N) is 4. The predicted molar refractivity (Wildman–Crippen MR) is 150 cm³/mol. The Morgan fingerprint density at radius 2 is 1.91 bits per heavy atom. The number of methoxy groups -OCH3 is 2. The third-order valence-electron chi connectivity index (χ3n) is 7.51. The van der Waals surface area contributed by atoms with Crippen LogP contribution in [0.2, 0.25) is 0 Å². The van der Waals surface area contributed by atoms with Crippen molar-refractivity contribution in [3.63, 3.8) is 0 Å². The summed E-state index contributed by atoms with van der Waals surface area (Å²) < 4.78 is 73.3. The van der Waals surface area contributed by atoms with E-state index in [-0.39, 0.29) is 53.0 Å². The zero-order valence-electron chi connectivity index (χ0n) is 24.3. The molecule has 1 saturated heterocycles. The molecular weight excluding hydrogens is 588 g/mol. The highest BCUT2D eigenvalue weighted by Crippen LogP contribution is 2.40. The Bertz CT molecular complexity index is 1590. The summed E-state index contributed by atoms with van der Waals surface area (Å²) in [4.78, 5) is 36.7. The van der Waals surface area contributed by atoms with Gasteiger partial charge in [-0.2, -0.15) is 18.2 Å². The van der Waals surface area contributed by atoms with E-state index in [1.807, 2.05) is 7.05 Å². The van der Waals surface area contributed by atoms with Crippen LogP contribution in [0.1, 0.15) is 38.3 Å². The highest BCUT2D eigenvalue weighted by Gasteiger charge is 2.38. The molecule has 0 unspecified atom stereocenters. The first-order chi connectivity index (χ1) is 20.9. The summed E-state index contributed by atoms with van der Waals surface area (Å²) in [6.07, 6.45) is -4.06. The summed E-state index contributed by atoms with van der Waals surface area (Å²) in [5, 5.41) is 5.45. The predicted octanol–water partition coefficient (Wildman–Crippen LogP) is 4.21. The van der Waals surface area contributed by atoms with E-state index in [1.54, 1.807) is 19.2 Å². The van der Waals surface area contributed by atoms with Gasteiger partial charge >= 0.3 is 6.18 Å². The third-order valence-corrected chi connectivity index (χ3v) is 7.51. The zero-order chi connectivity index (χ0) is 31.8. The molecule has 0 bridgehead atoms. The highest BCUT2D eigenvalue weighted by molar-refractivity contribution is 6.01. The van der Waals surface area contributed by atoms with Crippen LogP contribution in [0.3, 0.4) is 0 Å². The number of aromatic nitrogens is 2. The van der Waals surface area contributed by atoms with E-state index < -0.39 is 35.3 Å². The van der Waals surface area contributed by atoms with Crippen LogP contribution in [-0.2, 0) is 17.5 Å². The molecule has 2 aromatic carbocycles. The summed E-state index contributed by atoms with van der Waals surface area (Å²) >= 11 is 0. The van der Waals surface area contributed by atoms with Gasteiger partial charge in [0.1, 0.15) is 22.9 Å². The summed E-state index contributed by atoms with van der Waals surface area (Å²) in [5.41, 5.74) is -0.919. The van der Waals surface area contributed by atoms with Crippen molar-refractivity contribution < 1.29 is 41.4 Å². The number of alkyl halides is 3. The Morgan fingerprint density at radius 3 is 2.61 bits per heavy atom. The maximum Gasteiger partial charge on any atom is 0.423 e. The number of fused-ring (bicyclic) bond motifs is 1. The molecule has 0 aliphatic carbocycles. The lowest BCUT2D eigenvalue weighted by atomic mass is 10.0. The number of hydrogen-bond acceptors (Lipinski definition) is 9. The normalized spacial score (nSPS) is 18.6. The first kappa shape index (κ1) is 30.9. The number of ether oxygens (including phenoxy) is 3. The third kappa shape index (κ3) is 6.24. The van der Waals surface area contributed by atoms with Gasteiger partial charge in [0.25, 0.3) is 11.8 Å². The molecule has 11 nitrogen and oxygen atoms in total. The van der Waals surface area contributed by atoms with Crippen molar-refractivity contribution in [3.05, 3.63) is 64.6 Å². The minimum absolute atomic E-state index is 0.00342. The van der Waals surface area contributed by atoms with Crippen molar-refractivity contribution >= 4 is 23.5 Å². The van der Waals surface area contributed by atoms with Crippen molar-refractivity contribution in [1.29, 1.82) is 0 Å². The van der Waals surface area contributed by atoms with E-state index >= 15 is 4.39 Å². The molecule has 1 aromatic heterocycles. The van der Waals surface area contributed by atoms with E-state index in [2.05, 4.69) is 25.5 Å². The lowest BCUT2D eigenvalue weighted by Gasteiger charge is -2.36. The standard InChI is InChI=1S/C29H30F4N6O5/c1-38-9-8-19(23(14-38)43-4)35-25(40)16-10-22(42-3)20(11-18(16)30)36-28-34-12-17(29(31,32)33)26(37-28)44-21-7-5-6-15-13-39(2)27(41)24(15)21/h5-7,10-12,19,23H,8-9,13-14H2,1-4H3,(H,35,40)(H,34,36,37)/t19-,23+/m1/s1. The number of likely N-dealkylation sites (tertiary alicyclic amines) is 1. The van der Waals surface area contributed by atoms with Crippen molar-refractivity contribution in [3.8, 4) is 17.4 Å². The van der Waals surface area contributed by atoms with E-state index in [0.717, 1.165) is 12.6 Å². The number of benzene rings is 2. The minimum atomic E-state index is -4.89. The number of halogens is 4. The van der Waals surface area contributed by atoms with Gasteiger partial charge in [-0.05, 0) is 37.7 Å². The Morgan fingerprint density at radius 1 is 1.14 bits per heavy atom. The Labute approximate surface area is 250 Å². The number of nitrogens with one attached hydrogen (secondary N) is 2. The Kier molecular flexibility index (Phi) is 8.61. The fourth-order valence-electron chi connectivity index (χ4n) is 5.19. The number of anilines is 2. The first-order valence-corrected chi connectivity index (χ1v) is 13.6. The van der Waals surface area contributed by atoms with Crippen LogP contribution in [-0.4, -0.2) is 85.1 Å². The number of hydrogen-bond donors (Lipinski definition) is 2. The molecule has 234 valence electrons. The van der Waals surface area contributed by atoms with Gasteiger partial charge in [-0.25, -0.2) is 9.37 Å². The molecule has 2 aliphatic rings. The van der Waals surface area contributed by atoms with Gasteiger partial charge in [-0.3, -0.25) is 9.59 Å². The van der Waals surface area contributed by atoms with E-state index in [1.165, 1.54) is 31.3 Å². The second-order valence-electron chi connectivity index (χ2n) is 10.5. The zero-order valence-corrected chi connectivity index (χ0v) is 24.3. The number of likely N-dealkylation sites (N-methyl/N-ethyl adjacent to an activating group) is 1. The summed E-state index contributed by atoms with van der Waals surface area (Å²) in [7, 11) is 6.32. The van der Waals surface area contributed by atoms with Crippen LogP contribution in [0.25, 0.3) is 0 Å². The summed E-state index contributed by atoms with van der Waals surface area (Å²) in [5.74, 6) is -3.36. The van der Waals surface area contributed by atoms with E-state index in [4.69, 9.17) is 14.2 Å². The first-order valence-electron chi connectivity index (χ1n) is 13.6. The average molecular weight is 619 g/mol. The molecule has 5 rings (SSSR count). The topological polar surface area (TPSA) is 118 Å². The van der Waals surface area contributed by atoms with Crippen molar-refractivity contribution in [1.82, 2.24) is 25.1 Å². The molecule has 0 radical (unpaired) electrons. The molecule has 0 saturated carbocycles. The SMILES string of the molecule is COc1cc(C(=O)N[C@@H]2CCN(C)C[C@@H]2OC)c(F)cc1Nc1ncc(C(F)(F)F)c(Oc2cccc3c2C(=O)N(C)C3)n1. The van der Waals surface area contributed by atoms with Crippen LogP contribution in [0.4, 0.5) is 29.2 Å².